The molecule has 0 aliphatic heterocycles. The first kappa shape index (κ1) is 17.9. The van der Waals surface area contributed by atoms with Gasteiger partial charge in [0.1, 0.15) is 5.54 Å². The lowest BCUT2D eigenvalue weighted by molar-refractivity contribution is -0.144. The molecule has 0 radical (unpaired) electrons. The van der Waals surface area contributed by atoms with E-state index >= 15 is 0 Å². The molecule has 2 unspecified atom stereocenters. The van der Waals surface area contributed by atoms with Crippen molar-refractivity contribution in [1.29, 1.82) is 0 Å². The van der Waals surface area contributed by atoms with Crippen molar-refractivity contribution in [2.24, 2.45) is 0 Å². The zero-order valence-corrected chi connectivity index (χ0v) is 12.6. The smallest absolute Gasteiger partial charge is 0.323 e. The van der Waals surface area contributed by atoms with Crippen molar-refractivity contribution in [3.63, 3.8) is 0 Å². The van der Waals surface area contributed by atoms with Crippen LogP contribution in [0.4, 0.5) is 0 Å². The molecule has 0 aliphatic rings. The van der Waals surface area contributed by atoms with E-state index in [9.17, 15) is 9.59 Å². The first-order valence-corrected chi connectivity index (χ1v) is 7.13. The quantitative estimate of drug-likeness (QED) is 0.531. The number of nitrogens with one attached hydrogen (secondary N) is 2. The Balaban J connectivity index is 4.01. The number of unbranched alkanes of at least 4 members (excludes halogenated alkanes) is 2. The van der Waals surface area contributed by atoms with Crippen LogP contribution in [-0.4, -0.2) is 35.1 Å². The molecule has 0 aromatic carbocycles. The third-order valence-electron chi connectivity index (χ3n) is 3.47. The molecule has 0 rings (SSSR count). The van der Waals surface area contributed by atoms with Gasteiger partial charge in [-0.05, 0) is 26.7 Å². The highest BCUT2D eigenvalue weighted by Crippen LogP contribution is 2.08. The van der Waals surface area contributed by atoms with E-state index in [-0.39, 0.29) is 18.5 Å². The van der Waals surface area contributed by atoms with Gasteiger partial charge in [0, 0.05) is 6.04 Å². The maximum absolute atomic E-state index is 11.7. The molecular weight excluding hydrogens is 244 g/mol. The summed E-state index contributed by atoms with van der Waals surface area (Å²) >= 11 is 0. The number of carboxylic acids is 1. The van der Waals surface area contributed by atoms with Crippen molar-refractivity contribution in [1.82, 2.24) is 10.6 Å². The number of rotatable bonds is 10. The van der Waals surface area contributed by atoms with Gasteiger partial charge in [0.25, 0.3) is 0 Å². The van der Waals surface area contributed by atoms with Crippen LogP contribution in [0.25, 0.3) is 0 Å². The Bertz CT molecular complexity index is 294. The maximum Gasteiger partial charge on any atom is 0.323 e. The Morgan fingerprint density at radius 3 is 2.37 bits per heavy atom. The van der Waals surface area contributed by atoms with Crippen LogP contribution in [0, 0.1) is 0 Å². The van der Waals surface area contributed by atoms with Crippen LogP contribution in [0.1, 0.15) is 59.8 Å². The minimum atomic E-state index is -1.04. The van der Waals surface area contributed by atoms with E-state index in [4.69, 9.17) is 5.11 Å². The molecule has 0 aliphatic carbocycles. The molecule has 0 aromatic heterocycles. The Morgan fingerprint density at radius 1 is 1.26 bits per heavy atom. The predicted octanol–water partition coefficient (Wildman–Crippen LogP) is 1.91. The molecule has 0 spiro atoms. The molecule has 19 heavy (non-hydrogen) atoms. The van der Waals surface area contributed by atoms with Crippen LogP contribution in [0.5, 0.6) is 0 Å². The van der Waals surface area contributed by atoms with Crippen LogP contribution < -0.4 is 10.6 Å². The van der Waals surface area contributed by atoms with Gasteiger partial charge < -0.3 is 10.4 Å². The lowest BCUT2D eigenvalue weighted by atomic mass is 9.99. The summed E-state index contributed by atoms with van der Waals surface area (Å²) in [6.07, 6.45) is 4.83. The number of carboxylic acid groups (broad SMARTS) is 1. The lowest BCUT2D eigenvalue weighted by Gasteiger charge is -2.24. The number of carbonyl (C=O) groups is 2. The topological polar surface area (TPSA) is 78.4 Å². The van der Waals surface area contributed by atoms with Crippen molar-refractivity contribution in [2.45, 2.75) is 71.4 Å². The van der Waals surface area contributed by atoms with Gasteiger partial charge in [0.2, 0.25) is 5.91 Å². The number of hydrogen-bond acceptors (Lipinski definition) is 3. The number of amides is 1. The van der Waals surface area contributed by atoms with E-state index in [1.165, 1.54) is 6.42 Å². The van der Waals surface area contributed by atoms with Crippen molar-refractivity contribution < 1.29 is 14.7 Å². The van der Waals surface area contributed by atoms with E-state index < -0.39 is 11.5 Å². The maximum atomic E-state index is 11.7. The molecule has 0 aromatic rings. The SMILES string of the molecule is CCCCCC(C)NC(=O)CNC(C)(CC)C(=O)O. The second-order valence-electron chi connectivity index (χ2n) is 5.31. The van der Waals surface area contributed by atoms with Crippen molar-refractivity contribution in [3.8, 4) is 0 Å². The third kappa shape index (κ3) is 7.15. The first-order chi connectivity index (χ1) is 8.85. The Kier molecular flexibility index (Phi) is 8.39. The average Bonchev–Trinajstić information content (AvgIpc) is 2.36. The van der Waals surface area contributed by atoms with Crippen molar-refractivity contribution >= 4 is 11.9 Å². The summed E-state index contributed by atoms with van der Waals surface area (Å²) in [5, 5.41) is 14.8. The molecule has 5 heteroatoms. The Morgan fingerprint density at radius 2 is 1.89 bits per heavy atom. The van der Waals surface area contributed by atoms with Gasteiger partial charge in [0.05, 0.1) is 6.54 Å². The molecule has 0 saturated heterocycles. The Labute approximate surface area is 116 Å². The molecule has 2 atom stereocenters. The first-order valence-electron chi connectivity index (χ1n) is 7.13. The Hall–Kier alpha value is -1.10. The van der Waals surface area contributed by atoms with E-state index in [0.717, 1.165) is 19.3 Å². The summed E-state index contributed by atoms with van der Waals surface area (Å²) in [5.74, 6) is -1.08. The highest BCUT2D eigenvalue weighted by atomic mass is 16.4. The highest BCUT2D eigenvalue weighted by Gasteiger charge is 2.30. The van der Waals surface area contributed by atoms with E-state index in [1.807, 2.05) is 6.92 Å². The molecule has 3 N–H and O–H groups in total. The van der Waals surface area contributed by atoms with Crippen LogP contribution in [0.3, 0.4) is 0 Å². The van der Waals surface area contributed by atoms with Gasteiger partial charge in [0.15, 0.2) is 0 Å². The molecule has 0 fully saturated rings. The minimum absolute atomic E-state index is 0.0365. The van der Waals surface area contributed by atoms with Gasteiger partial charge in [-0.15, -0.1) is 0 Å². The molecule has 1 amide bonds. The molecule has 0 heterocycles. The second kappa shape index (κ2) is 8.91. The minimum Gasteiger partial charge on any atom is -0.480 e. The van der Waals surface area contributed by atoms with Gasteiger partial charge in [-0.3, -0.25) is 14.9 Å². The van der Waals surface area contributed by atoms with Gasteiger partial charge >= 0.3 is 5.97 Å². The standard InChI is InChI=1S/C14H28N2O3/c1-5-7-8-9-11(3)16-12(17)10-15-14(4,6-2)13(18)19/h11,15H,5-10H2,1-4H3,(H,16,17)(H,18,19). The largest absolute Gasteiger partial charge is 0.480 e. The van der Waals surface area contributed by atoms with Gasteiger partial charge in [-0.25, -0.2) is 0 Å². The van der Waals surface area contributed by atoms with E-state index in [1.54, 1.807) is 13.8 Å². The third-order valence-corrected chi connectivity index (χ3v) is 3.47. The van der Waals surface area contributed by atoms with Crippen molar-refractivity contribution in [3.05, 3.63) is 0 Å². The van der Waals surface area contributed by atoms with Gasteiger partial charge in [-0.2, -0.15) is 0 Å². The zero-order valence-electron chi connectivity index (χ0n) is 12.6. The summed E-state index contributed by atoms with van der Waals surface area (Å²) in [6.45, 7) is 7.53. The van der Waals surface area contributed by atoms with Crippen molar-refractivity contribution in [2.75, 3.05) is 6.54 Å². The fourth-order valence-corrected chi connectivity index (χ4v) is 1.73. The average molecular weight is 272 g/mol. The van der Waals surface area contributed by atoms with Crippen LogP contribution in [-0.2, 0) is 9.59 Å². The zero-order chi connectivity index (χ0) is 14.9. The molecule has 0 bridgehead atoms. The molecular formula is C14H28N2O3. The predicted molar refractivity (Wildman–Crippen MR) is 76.1 cm³/mol. The summed E-state index contributed by atoms with van der Waals surface area (Å²) in [7, 11) is 0. The van der Waals surface area contributed by atoms with Crippen LogP contribution in [0.15, 0.2) is 0 Å². The summed E-state index contributed by atoms with van der Waals surface area (Å²) < 4.78 is 0. The summed E-state index contributed by atoms with van der Waals surface area (Å²) in [5.41, 5.74) is -1.04. The molecule has 112 valence electrons. The van der Waals surface area contributed by atoms with Crippen LogP contribution in [0.2, 0.25) is 0 Å². The second-order valence-corrected chi connectivity index (χ2v) is 5.31. The van der Waals surface area contributed by atoms with E-state index in [2.05, 4.69) is 17.6 Å². The fraction of sp³-hybridized carbons (Fsp3) is 0.857. The number of hydrogen-bond donors (Lipinski definition) is 3. The highest BCUT2D eigenvalue weighted by molar-refractivity contribution is 5.81. The normalized spacial score (nSPS) is 15.6. The molecule has 0 saturated carbocycles. The number of carbonyl (C=O) groups excluding carboxylic acids is 1. The van der Waals surface area contributed by atoms with Crippen LogP contribution >= 0.6 is 0 Å². The molecule has 5 nitrogen and oxygen atoms in total. The number of aliphatic carboxylic acids is 1. The summed E-state index contributed by atoms with van der Waals surface area (Å²) in [6, 6.07) is 0.138. The summed E-state index contributed by atoms with van der Waals surface area (Å²) in [4.78, 5) is 22.8. The van der Waals surface area contributed by atoms with Gasteiger partial charge in [-0.1, -0.05) is 33.1 Å². The fourth-order valence-electron chi connectivity index (χ4n) is 1.73. The monoisotopic (exact) mass is 272 g/mol. The van der Waals surface area contributed by atoms with E-state index in [0.29, 0.717) is 6.42 Å². The lowest BCUT2D eigenvalue weighted by Crippen LogP contribution is -2.52.